The highest BCUT2D eigenvalue weighted by molar-refractivity contribution is 5.86. The molecule has 0 aliphatic heterocycles. The van der Waals surface area contributed by atoms with Gasteiger partial charge >= 0.3 is 0 Å². The van der Waals surface area contributed by atoms with Gasteiger partial charge in [-0.3, -0.25) is 0 Å². The van der Waals surface area contributed by atoms with Crippen LogP contribution in [0.15, 0.2) is 0 Å². The van der Waals surface area contributed by atoms with Gasteiger partial charge in [0.1, 0.15) is 0 Å². The molecule has 0 spiro atoms. The topological polar surface area (TPSA) is 48.1 Å². The zero-order valence-electron chi connectivity index (χ0n) is 13.9. The van der Waals surface area contributed by atoms with Crippen LogP contribution in [0.3, 0.4) is 0 Å². The average Bonchev–Trinajstić information content (AvgIpc) is 2.41. The minimum Gasteiger partial charge on any atom is -0.320 e. The summed E-state index contributed by atoms with van der Waals surface area (Å²) in [5.74, 6) is 0. The van der Waals surface area contributed by atoms with Crippen LogP contribution in [0.5, 0.6) is 0 Å². The summed E-state index contributed by atoms with van der Waals surface area (Å²) in [6.45, 7) is 4.56. The highest BCUT2D eigenvalue weighted by Crippen LogP contribution is 2.18. The first-order valence-corrected chi connectivity index (χ1v) is 7.62. The number of halogens is 4. The van der Waals surface area contributed by atoms with E-state index in [1.165, 1.54) is 38.5 Å². The van der Waals surface area contributed by atoms with Crippen LogP contribution in [0.25, 0.3) is 0 Å². The van der Waals surface area contributed by atoms with E-state index >= 15 is 0 Å². The molecular formula is C14H36Cl4N4. The first kappa shape index (κ1) is 30.8. The second-order valence-electron chi connectivity index (χ2n) is 5.37. The highest BCUT2D eigenvalue weighted by Gasteiger charge is 2.19. The maximum Gasteiger partial charge on any atom is 0.00682 e. The van der Waals surface area contributed by atoms with Crippen molar-refractivity contribution < 1.29 is 0 Å². The van der Waals surface area contributed by atoms with E-state index in [-0.39, 0.29) is 49.6 Å². The van der Waals surface area contributed by atoms with Gasteiger partial charge in [-0.1, -0.05) is 0 Å². The Balaban J connectivity index is -0.000000405. The van der Waals surface area contributed by atoms with Gasteiger partial charge in [-0.2, -0.15) is 0 Å². The summed E-state index contributed by atoms with van der Waals surface area (Å²) in [5, 5.41) is 13.7. The lowest BCUT2D eigenvalue weighted by molar-refractivity contribution is 0.306. The lowest BCUT2D eigenvalue weighted by Gasteiger charge is -2.30. The Bertz CT molecular complexity index is 174. The van der Waals surface area contributed by atoms with E-state index in [9.17, 15) is 0 Å². The van der Waals surface area contributed by atoms with Gasteiger partial charge in [0, 0.05) is 12.1 Å². The van der Waals surface area contributed by atoms with Crippen molar-refractivity contribution in [3.05, 3.63) is 0 Å². The van der Waals surface area contributed by atoms with Crippen molar-refractivity contribution in [1.82, 2.24) is 21.3 Å². The van der Waals surface area contributed by atoms with Crippen LogP contribution in [-0.4, -0.2) is 52.4 Å². The van der Waals surface area contributed by atoms with E-state index in [0.717, 1.165) is 38.3 Å². The second-order valence-corrected chi connectivity index (χ2v) is 5.37. The zero-order valence-corrected chi connectivity index (χ0v) is 17.1. The van der Waals surface area contributed by atoms with Crippen molar-refractivity contribution in [1.29, 1.82) is 0 Å². The molecule has 0 aromatic carbocycles. The molecule has 4 N–H and O–H groups in total. The van der Waals surface area contributed by atoms with Crippen LogP contribution in [-0.2, 0) is 0 Å². The number of hydrogen-bond acceptors (Lipinski definition) is 4. The van der Waals surface area contributed by atoms with Crippen molar-refractivity contribution in [2.75, 3.05) is 40.3 Å². The molecule has 4 nitrogen and oxygen atoms in total. The van der Waals surface area contributed by atoms with Crippen LogP contribution < -0.4 is 21.3 Å². The molecule has 1 aliphatic rings. The van der Waals surface area contributed by atoms with Crippen LogP contribution in [0, 0.1) is 0 Å². The monoisotopic (exact) mass is 400 g/mol. The number of nitrogens with one attached hydrogen (secondary N) is 4. The Hall–Kier alpha value is 1.00. The Morgan fingerprint density at radius 1 is 0.591 bits per heavy atom. The third kappa shape index (κ3) is 15.9. The molecule has 0 saturated heterocycles. The lowest BCUT2D eigenvalue weighted by atomic mass is 9.91. The molecule has 1 fully saturated rings. The first-order valence-electron chi connectivity index (χ1n) is 7.62. The van der Waals surface area contributed by atoms with Gasteiger partial charge in [-0.25, -0.2) is 0 Å². The Labute approximate surface area is 161 Å². The lowest BCUT2D eigenvalue weighted by Crippen LogP contribution is -2.41. The minimum absolute atomic E-state index is 0. The van der Waals surface area contributed by atoms with E-state index in [2.05, 4.69) is 21.3 Å². The summed E-state index contributed by atoms with van der Waals surface area (Å²) in [6, 6.07) is 1.52. The summed E-state index contributed by atoms with van der Waals surface area (Å²) < 4.78 is 0. The molecule has 0 unspecified atom stereocenters. The highest BCUT2D eigenvalue weighted by atomic mass is 35.5. The summed E-state index contributed by atoms with van der Waals surface area (Å²) in [5.41, 5.74) is 0. The van der Waals surface area contributed by atoms with Crippen molar-refractivity contribution in [3.8, 4) is 0 Å². The van der Waals surface area contributed by atoms with E-state index in [1.54, 1.807) is 0 Å². The predicted molar refractivity (Wildman–Crippen MR) is 108 cm³/mol. The second kappa shape index (κ2) is 22.0. The zero-order chi connectivity index (χ0) is 13.1. The largest absolute Gasteiger partial charge is 0.320 e. The smallest absolute Gasteiger partial charge is 0.00682 e. The third-order valence-corrected chi connectivity index (χ3v) is 3.80. The van der Waals surface area contributed by atoms with Gasteiger partial charge in [0.25, 0.3) is 0 Å². The summed E-state index contributed by atoms with van der Waals surface area (Å²) >= 11 is 0. The average molecular weight is 402 g/mol. The van der Waals surface area contributed by atoms with Crippen LogP contribution >= 0.6 is 49.6 Å². The Morgan fingerprint density at radius 3 is 1.18 bits per heavy atom. The molecule has 0 heterocycles. The molecule has 0 aromatic rings. The maximum absolute atomic E-state index is 3.68. The van der Waals surface area contributed by atoms with Crippen molar-refractivity contribution in [2.24, 2.45) is 0 Å². The van der Waals surface area contributed by atoms with Gasteiger partial charge in [0.2, 0.25) is 0 Å². The Kier molecular flexibility index (Phi) is 30.8. The quantitative estimate of drug-likeness (QED) is 0.424. The number of rotatable bonds is 10. The van der Waals surface area contributed by atoms with Crippen molar-refractivity contribution >= 4 is 49.6 Å². The molecule has 1 saturated carbocycles. The molecule has 0 radical (unpaired) electrons. The fourth-order valence-electron chi connectivity index (χ4n) is 2.64. The molecule has 1 rings (SSSR count). The number of hydrogen-bond donors (Lipinski definition) is 4. The predicted octanol–water partition coefficient (Wildman–Crippen LogP) is 2.38. The van der Waals surface area contributed by atoms with Gasteiger partial charge in [-0.15, -0.1) is 49.6 Å². The molecule has 0 aromatic heterocycles. The molecule has 0 amide bonds. The third-order valence-electron chi connectivity index (χ3n) is 3.80. The maximum atomic E-state index is 3.68. The fourth-order valence-corrected chi connectivity index (χ4v) is 2.64. The standard InChI is InChI=1S/C14H32N4.4ClH/c1-15-9-3-11-17-13-5-7-14(8-6-13)18-12-4-10-16-2;;;;/h13-18H,3-12H2,1-2H3;4*1H. The molecule has 22 heavy (non-hydrogen) atoms. The van der Waals surface area contributed by atoms with Crippen molar-refractivity contribution in [2.45, 2.75) is 50.6 Å². The summed E-state index contributed by atoms with van der Waals surface area (Å²) in [6.07, 6.45) is 7.82. The first-order chi connectivity index (χ1) is 8.86. The molecule has 1 aliphatic carbocycles. The summed E-state index contributed by atoms with van der Waals surface area (Å²) in [7, 11) is 4.04. The van der Waals surface area contributed by atoms with Gasteiger partial charge < -0.3 is 21.3 Å². The normalized spacial score (nSPS) is 19.9. The van der Waals surface area contributed by atoms with Crippen LogP contribution in [0.2, 0.25) is 0 Å². The molecular weight excluding hydrogens is 366 g/mol. The van der Waals surface area contributed by atoms with Crippen LogP contribution in [0.4, 0.5) is 0 Å². The van der Waals surface area contributed by atoms with Crippen LogP contribution in [0.1, 0.15) is 38.5 Å². The summed E-state index contributed by atoms with van der Waals surface area (Å²) in [4.78, 5) is 0. The van der Waals surface area contributed by atoms with E-state index in [1.807, 2.05) is 14.1 Å². The van der Waals surface area contributed by atoms with E-state index in [4.69, 9.17) is 0 Å². The van der Waals surface area contributed by atoms with Crippen molar-refractivity contribution in [3.63, 3.8) is 0 Å². The molecule has 140 valence electrons. The fraction of sp³-hybridized carbons (Fsp3) is 1.00. The minimum atomic E-state index is 0. The Morgan fingerprint density at radius 2 is 0.909 bits per heavy atom. The molecule has 8 heteroatoms. The molecule has 0 bridgehead atoms. The molecule has 0 atom stereocenters. The van der Waals surface area contributed by atoms with Gasteiger partial charge in [0.05, 0.1) is 0 Å². The van der Waals surface area contributed by atoms with E-state index in [0.29, 0.717) is 0 Å². The van der Waals surface area contributed by atoms with Gasteiger partial charge in [-0.05, 0) is 78.8 Å². The van der Waals surface area contributed by atoms with Gasteiger partial charge in [0.15, 0.2) is 0 Å². The SMILES string of the molecule is CNCCCNC1CCC(NCCCNC)CC1.Cl.Cl.Cl.Cl. The van der Waals surface area contributed by atoms with E-state index < -0.39 is 0 Å².